The third-order valence-electron chi connectivity index (χ3n) is 4.57. The van der Waals surface area contributed by atoms with Crippen molar-refractivity contribution < 1.29 is 17.7 Å². The zero-order valence-electron chi connectivity index (χ0n) is 17.9. The summed E-state index contributed by atoms with van der Waals surface area (Å²) in [5.41, 5.74) is 4.11. The first-order chi connectivity index (χ1) is 14.5. The van der Waals surface area contributed by atoms with Gasteiger partial charge in [0.15, 0.2) is 0 Å². The molecule has 2 N–H and O–H groups in total. The van der Waals surface area contributed by atoms with E-state index in [1.54, 1.807) is 12.3 Å². The lowest BCUT2D eigenvalue weighted by atomic mass is 9.96. The number of sulfonamides is 1. The molecule has 3 rings (SSSR count). The highest BCUT2D eigenvalue weighted by molar-refractivity contribution is 7.93. The van der Waals surface area contributed by atoms with Gasteiger partial charge in [-0.15, -0.1) is 11.3 Å². The van der Waals surface area contributed by atoms with Gasteiger partial charge >= 0.3 is 0 Å². The molecule has 10 heteroatoms. The van der Waals surface area contributed by atoms with Gasteiger partial charge in [-0.05, 0) is 55.7 Å². The molecule has 0 atom stereocenters. The Morgan fingerprint density at radius 3 is 2.58 bits per heavy atom. The van der Waals surface area contributed by atoms with Crippen LogP contribution < -0.4 is 10.0 Å². The number of amides is 1. The van der Waals surface area contributed by atoms with Crippen LogP contribution in [-0.4, -0.2) is 19.5 Å². The van der Waals surface area contributed by atoms with Crippen molar-refractivity contribution in [2.45, 2.75) is 45.9 Å². The van der Waals surface area contributed by atoms with Gasteiger partial charge in [-0.1, -0.05) is 48.3 Å². The molecular weight excluding hydrogens is 458 g/mol. The number of nitrogens with zero attached hydrogens (tertiary/aromatic N) is 1. The number of hydrogen-bond acceptors (Lipinski definition) is 6. The van der Waals surface area contributed by atoms with Crippen LogP contribution in [0.3, 0.4) is 0 Å². The monoisotopic (exact) mass is 481 g/mol. The highest BCUT2D eigenvalue weighted by Crippen LogP contribution is 2.31. The first-order valence-electron chi connectivity index (χ1n) is 9.63. The number of rotatable bonds is 7. The molecule has 2 aromatic heterocycles. The molecule has 0 aliphatic heterocycles. The van der Waals surface area contributed by atoms with Gasteiger partial charge in [0.05, 0.1) is 0 Å². The molecule has 7 nitrogen and oxygen atoms in total. The number of carbonyl (C=O) groups is 1. The minimum atomic E-state index is -4.11. The lowest BCUT2D eigenvalue weighted by Gasteiger charge is -2.17. The number of aromatic nitrogens is 1. The summed E-state index contributed by atoms with van der Waals surface area (Å²) < 4.78 is 33.0. The number of hydrogen-bond donors (Lipinski definition) is 2. The third kappa shape index (κ3) is 5.11. The number of nitrogens with one attached hydrogen (secondary N) is 2. The van der Waals surface area contributed by atoms with E-state index in [0.717, 1.165) is 34.4 Å². The fourth-order valence-electron chi connectivity index (χ4n) is 3.28. The van der Waals surface area contributed by atoms with E-state index in [9.17, 15) is 13.2 Å². The van der Waals surface area contributed by atoms with E-state index in [-0.39, 0.29) is 20.7 Å². The Morgan fingerprint density at radius 1 is 1.26 bits per heavy atom. The molecule has 0 bridgehead atoms. The normalized spacial score (nSPS) is 11.7. The summed E-state index contributed by atoms with van der Waals surface area (Å²) in [6.07, 6.45) is 0.790. The maximum atomic E-state index is 13.1. The first-order valence-corrected chi connectivity index (χ1v) is 12.4. The lowest BCUT2D eigenvalue weighted by Crippen LogP contribution is -2.19. The van der Waals surface area contributed by atoms with Crippen LogP contribution in [0, 0.1) is 26.7 Å². The third-order valence-corrected chi connectivity index (χ3v) is 7.43. The Labute approximate surface area is 190 Å². The van der Waals surface area contributed by atoms with E-state index in [1.165, 1.54) is 6.07 Å². The van der Waals surface area contributed by atoms with Crippen molar-refractivity contribution in [1.82, 2.24) is 5.16 Å². The summed E-state index contributed by atoms with van der Waals surface area (Å²) in [5, 5.41) is 8.17. The Bertz CT molecular complexity index is 1230. The molecule has 0 saturated heterocycles. The van der Waals surface area contributed by atoms with Crippen LogP contribution in [0.1, 0.15) is 45.9 Å². The molecule has 1 amide bonds. The minimum Gasteiger partial charge on any atom is -0.336 e. The van der Waals surface area contributed by atoms with Gasteiger partial charge < -0.3 is 9.84 Å². The topological polar surface area (TPSA) is 101 Å². The van der Waals surface area contributed by atoms with Crippen LogP contribution in [0.15, 0.2) is 33.0 Å². The van der Waals surface area contributed by atoms with E-state index in [1.807, 2.05) is 26.0 Å². The summed E-state index contributed by atoms with van der Waals surface area (Å²) in [6.45, 7) is 9.74. The molecule has 166 valence electrons. The van der Waals surface area contributed by atoms with Gasteiger partial charge in [0.25, 0.3) is 21.8 Å². The van der Waals surface area contributed by atoms with Crippen molar-refractivity contribution in [3.8, 4) is 0 Å². The molecule has 0 fully saturated rings. The molecule has 0 aliphatic carbocycles. The van der Waals surface area contributed by atoms with Crippen molar-refractivity contribution >= 4 is 50.4 Å². The fourth-order valence-corrected chi connectivity index (χ4v) is 5.77. The second kappa shape index (κ2) is 9.02. The summed E-state index contributed by atoms with van der Waals surface area (Å²) in [7, 11) is -4.11. The second-order valence-corrected chi connectivity index (χ2v) is 10.7. The lowest BCUT2D eigenvalue weighted by molar-refractivity contribution is 0.102. The zero-order chi connectivity index (χ0) is 22.9. The van der Waals surface area contributed by atoms with Crippen LogP contribution in [0.25, 0.3) is 0 Å². The maximum absolute atomic E-state index is 13.1. The highest BCUT2D eigenvalue weighted by Gasteiger charge is 2.27. The molecule has 3 aromatic rings. The molecular formula is C21H24ClN3O4S2. The van der Waals surface area contributed by atoms with Crippen LogP contribution >= 0.6 is 22.9 Å². The number of anilines is 2. The van der Waals surface area contributed by atoms with Crippen molar-refractivity contribution in [3.05, 3.63) is 55.9 Å². The summed E-state index contributed by atoms with van der Waals surface area (Å²) in [4.78, 5) is 13.0. The molecule has 2 heterocycles. The Morgan fingerprint density at radius 2 is 1.97 bits per heavy atom. The predicted octanol–water partition coefficient (Wildman–Crippen LogP) is 5.57. The van der Waals surface area contributed by atoms with Crippen LogP contribution in [-0.2, 0) is 16.4 Å². The molecule has 0 aliphatic rings. The Balaban J connectivity index is 1.92. The molecule has 0 radical (unpaired) electrons. The van der Waals surface area contributed by atoms with Gasteiger partial charge in [-0.2, -0.15) is 0 Å². The first kappa shape index (κ1) is 23.3. The maximum Gasteiger partial charge on any atom is 0.267 e. The zero-order valence-corrected chi connectivity index (χ0v) is 20.3. The van der Waals surface area contributed by atoms with Crippen LogP contribution in [0.5, 0.6) is 0 Å². The minimum absolute atomic E-state index is 0.0651. The van der Waals surface area contributed by atoms with Crippen molar-refractivity contribution in [2.24, 2.45) is 5.92 Å². The van der Waals surface area contributed by atoms with Gasteiger partial charge in [0, 0.05) is 5.69 Å². The highest BCUT2D eigenvalue weighted by atomic mass is 35.5. The number of thiophene rings is 1. The van der Waals surface area contributed by atoms with Crippen LogP contribution in [0.2, 0.25) is 5.02 Å². The van der Waals surface area contributed by atoms with Crippen molar-refractivity contribution in [2.75, 3.05) is 10.0 Å². The molecule has 31 heavy (non-hydrogen) atoms. The average molecular weight is 482 g/mol. The number of benzene rings is 1. The summed E-state index contributed by atoms with van der Waals surface area (Å²) in [5.74, 6) is -0.286. The Kier molecular flexibility index (Phi) is 6.78. The fraction of sp³-hybridized carbons (Fsp3) is 0.333. The average Bonchev–Trinajstić information content (AvgIpc) is 3.27. The largest absolute Gasteiger partial charge is 0.336 e. The van der Waals surface area contributed by atoms with E-state index in [4.69, 9.17) is 16.1 Å². The van der Waals surface area contributed by atoms with Gasteiger partial charge in [-0.25, -0.2) is 13.1 Å². The summed E-state index contributed by atoms with van der Waals surface area (Å²) >= 11 is 7.06. The SMILES string of the molecule is Cc1cc(C)c(NC(=O)c2sccc2S(=O)(=O)Nc2onc(C)c2Cl)c(CC(C)C)c1. The van der Waals surface area contributed by atoms with E-state index < -0.39 is 15.9 Å². The van der Waals surface area contributed by atoms with Gasteiger partial charge in [-0.3, -0.25) is 4.79 Å². The van der Waals surface area contributed by atoms with Crippen molar-refractivity contribution in [3.63, 3.8) is 0 Å². The molecule has 0 spiro atoms. The van der Waals surface area contributed by atoms with Gasteiger partial charge in [0.2, 0.25) is 0 Å². The van der Waals surface area contributed by atoms with Gasteiger partial charge in [0.1, 0.15) is 20.5 Å². The summed E-state index contributed by atoms with van der Waals surface area (Å²) in [6, 6.07) is 5.40. The number of halogens is 1. The number of aryl methyl sites for hydroxylation is 3. The van der Waals surface area contributed by atoms with E-state index >= 15 is 0 Å². The number of carbonyl (C=O) groups excluding carboxylic acids is 1. The molecule has 1 aromatic carbocycles. The van der Waals surface area contributed by atoms with E-state index in [0.29, 0.717) is 17.3 Å². The second-order valence-electron chi connectivity index (χ2n) is 7.80. The predicted molar refractivity (Wildman–Crippen MR) is 124 cm³/mol. The molecule has 0 saturated carbocycles. The van der Waals surface area contributed by atoms with E-state index in [2.05, 4.69) is 29.0 Å². The quantitative estimate of drug-likeness (QED) is 0.459. The smallest absolute Gasteiger partial charge is 0.267 e. The standard InChI is InChI=1S/C21H24ClN3O4S2/c1-11(2)8-15-10-12(3)9-13(4)18(15)23-20(26)19-16(6-7-30-19)31(27,28)25-21-17(22)14(5)24-29-21/h6-7,9-11,25H,8H2,1-5H3,(H,23,26). The van der Waals surface area contributed by atoms with Crippen LogP contribution in [0.4, 0.5) is 11.6 Å². The Hall–Kier alpha value is -2.36. The van der Waals surface area contributed by atoms with Crippen molar-refractivity contribution in [1.29, 1.82) is 0 Å². The molecule has 0 unspecified atom stereocenters.